The summed E-state index contributed by atoms with van der Waals surface area (Å²) in [6, 6.07) is 9.71. The van der Waals surface area contributed by atoms with Crippen LogP contribution in [0.25, 0.3) is 22.6 Å². The van der Waals surface area contributed by atoms with Crippen LogP contribution in [0.2, 0.25) is 0 Å². The molecule has 2 N–H and O–H groups in total. The summed E-state index contributed by atoms with van der Waals surface area (Å²) in [5.74, 6) is 1.57. The third kappa shape index (κ3) is 1.74. The number of hydrogen-bond donors (Lipinski definition) is 1. The smallest absolute Gasteiger partial charge is 0.293 e. The van der Waals surface area contributed by atoms with Gasteiger partial charge in [-0.15, -0.1) is 0 Å². The summed E-state index contributed by atoms with van der Waals surface area (Å²) in [5.41, 5.74) is 6.71. The number of nitrogens with two attached hydrogens (primary N) is 1. The van der Waals surface area contributed by atoms with Gasteiger partial charge in [0, 0.05) is 5.39 Å². The normalized spacial score (nSPS) is 17.9. The van der Waals surface area contributed by atoms with E-state index < -0.39 is 5.54 Å². The molecular formula is C15H15N3O2. The first-order chi connectivity index (χ1) is 9.74. The van der Waals surface area contributed by atoms with Crippen LogP contribution >= 0.6 is 0 Å². The molecule has 0 bridgehead atoms. The number of aromatic nitrogens is 2. The second-order valence-electron chi connectivity index (χ2n) is 5.43. The summed E-state index contributed by atoms with van der Waals surface area (Å²) in [5, 5.41) is 5.06. The fourth-order valence-corrected chi connectivity index (χ4v) is 2.84. The van der Waals surface area contributed by atoms with Gasteiger partial charge in [0.05, 0.1) is 5.54 Å². The molecule has 2 aromatic heterocycles. The van der Waals surface area contributed by atoms with Gasteiger partial charge in [-0.2, -0.15) is 4.98 Å². The molecule has 102 valence electrons. The number of furan rings is 1. The van der Waals surface area contributed by atoms with Crippen LogP contribution in [0.3, 0.4) is 0 Å². The highest BCUT2D eigenvalue weighted by molar-refractivity contribution is 5.81. The highest BCUT2D eigenvalue weighted by atomic mass is 16.5. The van der Waals surface area contributed by atoms with E-state index in [1.54, 1.807) is 0 Å². The Balaban J connectivity index is 1.74. The number of fused-ring (bicyclic) bond motifs is 1. The Morgan fingerprint density at radius 3 is 2.75 bits per heavy atom. The number of para-hydroxylation sites is 1. The van der Waals surface area contributed by atoms with Crippen LogP contribution in [0.1, 0.15) is 31.5 Å². The van der Waals surface area contributed by atoms with Gasteiger partial charge < -0.3 is 14.7 Å². The van der Waals surface area contributed by atoms with Gasteiger partial charge in [-0.25, -0.2) is 0 Å². The Bertz CT molecular complexity index is 720. The monoisotopic (exact) mass is 269 g/mol. The van der Waals surface area contributed by atoms with Gasteiger partial charge in [0.2, 0.25) is 0 Å². The molecule has 0 aliphatic heterocycles. The lowest BCUT2D eigenvalue weighted by Gasteiger charge is -2.17. The predicted octanol–water partition coefficient (Wildman–Crippen LogP) is 3.21. The van der Waals surface area contributed by atoms with E-state index in [9.17, 15) is 0 Å². The van der Waals surface area contributed by atoms with Crippen molar-refractivity contribution in [3.63, 3.8) is 0 Å². The molecular weight excluding hydrogens is 254 g/mol. The Hall–Kier alpha value is -2.14. The Morgan fingerprint density at radius 2 is 1.95 bits per heavy atom. The largest absolute Gasteiger partial charge is 0.451 e. The average molecular weight is 269 g/mol. The van der Waals surface area contributed by atoms with E-state index >= 15 is 0 Å². The van der Waals surface area contributed by atoms with Crippen molar-refractivity contribution in [3.05, 3.63) is 36.2 Å². The average Bonchev–Trinajstić information content (AvgIpc) is 3.17. The van der Waals surface area contributed by atoms with Crippen molar-refractivity contribution in [3.8, 4) is 11.7 Å². The van der Waals surface area contributed by atoms with Gasteiger partial charge in [0.1, 0.15) is 5.58 Å². The first-order valence-corrected chi connectivity index (χ1v) is 6.87. The highest BCUT2D eigenvalue weighted by Crippen LogP contribution is 2.36. The lowest BCUT2D eigenvalue weighted by atomic mass is 9.99. The molecule has 5 heteroatoms. The van der Waals surface area contributed by atoms with E-state index in [2.05, 4.69) is 10.1 Å². The van der Waals surface area contributed by atoms with Gasteiger partial charge >= 0.3 is 0 Å². The quantitative estimate of drug-likeness (QED) is 0.772. The van der Waals surface area contributed by atoms with Crippen LogP contribution < -0.4 is 5.73 Å². The maximum absolute atomic E-state index is 6.33. The summed E-state index contributed by atoms with van der Waals surface area (Å²) in [6.45, 7) is 0. The lowest BCUT2D eigenvalue weighted by Crippen LogP contribution is -2.34. The van der Waals surface area contributed by atoms with Crippen molar-refractivity contribution in [1.29, 1.82) is 0 Å². The Morgan fingerprint density at radius 1 is 1.15 bits per heavy atom. The van der Waals surface area contributed by atoms with E-state index in [1.807, 2.05) is 30.3 Å². The van der Waals surface area contributed by atoms with Gasteiger partial charge in [0.25, 0.3) is 5.89 Å². The SMILES string of the molecule is NC1(c2noc(-c3cc4ccccc4o3)n2)CCCC1. The van der Waals surface area contributed by atoms with E-state index in [1.165, 1.54) is 0 Å². The summed E-state index contributed by atoms with van der Waals surface area (Å²) in [6.07, 6.45) is 4.05. The van der Waals surface area contributed by atoms with Crippen molar-refractivity contribution in [2.24, 2.45) is 5.73 Å². The topological polar surface area (TPSA) is 78.1 Å². The lowest BCUT2D eigenvalue weighted by molar-refractivity contribution is 0.369. The minimum Gasteiger partial charge on any atom is -0.451 e. The van der Waals surface area contributed by atoms with Crippen LogP contribution in [0.4, 0.5) is 0 Å². The Labute approximate surface area is 115 Å². The zero-order chi connectivity index (χ0) is 13.6. The number of nitrogens with zero attached hydrogens (tertiary/aromatic N) is 2. The van der Waals surface area contributed by atoms with Gasteiger partial charge in [0.15, 0.2) is 11.6 Å². The summed E-state index contributed by atoms with van der Waals surface area (Å²) < 4.78 is 11.0. The molecule has 0 radical (unpaired) electrons. The van der Waals surface area contributed by atoms with Gasteiger partial charge in [-0.3, -0.25) is 0 Å². The molecule has 0 saturated heterocycles. The predicted molar refractivity (Wildman–Crippen MR) is 73.8 cm³/mol. The van der Waals surface area contributed by atoms with E-state index in [0.29, 0.717) is 17.5 Å². The van der Waals surface area contributed by atoms with Crippen LogP contribution in [0.15, 0.2) is 39.3 Å². The highest BCUT2D eigenvalue weighted by Gasteiger charge is 2.36. The summed E-state index contributed by atoms with van der Waals surface area (Å²) in [4.78, 5) is 4.43. The molecule has 1 aliphatic rings. The summed E-state index contributed by atoms with van der Waals surface area (Å²) in [7, 11) is 0. The molecule has 1 aromatic carbocycles. The van der Waals surface area contributed by atoms with Crippen LogP contribution in [-0.4, -0.2) is 10.1 Å². The molecule has 0 spiro atoms. The molecule has 20 heavy (non-hydrogen) atoms. The molecule has 3 aromatic rings. The molecule has 5 nitrogen and oxygen atoms in total. The standard InChI is InChI=1S/C15H15N3O2/c16-15(7-3-4-8-15)14-17-13(20-18-14)12-9-10-5-1-2-6-11(10)19-12/h1-2,5-6,9H,3-4,7-8,16H2. The van der Waals surface area contributed by atoms with Gasteiger partial charge in [-0.1, -0.05) is 36.2 Å². The zero-order valence-corrected chi connectivity index (χ0v) is 11.0. The fourth-order valence-electron chi connectivity index (χ4n) is 2.84. The number of rotatable bonds is 2. The molecule has 0 atom stereocenters. The molecule has 1 fully saturated rings. The minimum absolute atomic E-state index is 0.396. The van der Waals surface area contributed by atoms with Crippen molar-refractivity contribution < 1.29 is 8.94 Å². The second-order valence-corrected chi connectivity index (χ2v) is 5.43. The van der Waals surface area contributed by atoms with Crippen LogP contribution in [-0.2, 0) is 5.54 Å². The van der Waals surface area contributed by atoms with Crippen molar-refractivity contribution >= 4 is 11.0 Å². The van der Waals surface area contributed by atoms with Crippen LogP contribution in [0.5, 0.6) is 0 Å². The molecule has 2 heterocycles. The van der Waals surface area contributed by atoms with Gasteiger partial charge in [-0.05, 0) is 25.0 Å². The first kappa shape index (κ1) is 11.7. The molecule has 1 saturated carbocycles. The second kappa shape index (κ2) is 4.18. The van der Waals surface area contributed by atoms with E-state index in [-0.39, 0.29) is 0 Å². The third-order valence-electron chi connectivity index (χ3n) is 4.00. The van der Waals surface area contributed by atoms with E-state index in [0.717, 1.165) is 36.7 Å². The number of benzene rings is 1. The number of hydrogen-bond acceptors (Lipinski definition) is 5. The maximum atomic E-state index is 6.33. The van der Waals surface area contributed by atoms with E-state index in [4.69, 9.17) is 14.7 Å². The van der Waals surface area contributed by atoms with Crippen molar-refractivity contribution in [2.75, 3.05) is 0 Å². The molecule has 1 aliphatic carbocycles. The zero-order valence-electron chi connectivity index (χ0n) is 11.0. The minimum atomic E-state index is -0.437. The fraction of sp³-hybridized carbons (Fsp3) is 0.333. The third-order valence-corrected chi connectivity index (χ3v) is 4.00. The summed E-state index contributed by atoms with van der Waals surface area (Å²) >= 11 is 0. The first-order valence-electron chi connectivity index (χ1n) is 6.87. The van der Waals surface area contributed by atoms with Crippen molar-refractivity contribution in [1.82, 2.24) is 10.1 Å². The Kier molecular flexibility index (Phi) is 2.44. The molecule has 0 amide bonds. The maximum Gasteiger partial charge on any atom is 0.293 e. The van der Waals surface area contributed by atoms with Crippen LogP contribution in [0, 0.1) is 0 Å². The molecule has 0 unspecified atom stereocenters. The van der Waals surface area contributed by atoms with Crippen molar-refractivity contribution in [2.45, 2.75) is 31.2 Å². The molecule has 4 rings (SSSR count).